The Morgan fingerprint density at radius 3 is 2.33 bits per heavy atom. The summed E-state index contributed by atoms with van der Waals surface area (Å²) >= 11 is 0. The maximum absolute atomic E-state index is 5.90. The largest absolute Gasteiger partial charge is 0.493 e. The number of pyridine rings is 1. The van der Waals surface area contributed by atoms with E-state index in [4.69, 9.17) is 4.74 Å². The molecular formula is C24H36N2O. The summed E-state index contributed by atoms with van der Waals surface area (Å²) in [6.07, 6.45) is 9.76. The normalized spacial score (nSPS) is 15.4. The first-order chi connectivity index (χ1) is 13.0. The highest BCUT2D eigenvalue weighted by Gasteiger charge is 2.27. The van der Waals surface area contributed by atoms with Gasteiger partial charge in [-0.05, 0) is 50.5 Å². The molecule has 0 amide bonds. The van der Waals surface area contributed by atoms with Gasteiger partial charge in [0.2, 0.25) is 0 Å². The zero-order chi connectivity index (χ0) is 19.5. The van der Waals surface area contributed by atoms with Crippen LogP contribution in [-0.2, 0) is 0 Å². The van der Waals surface area contributed by atoms with Crippen molar-refractivity contribution in [1.82, 2.24) is 4.98 Å². The molecule has 3 heteroatoms. The van der Waals surface area contributed by atoms with Crippen molar-refractivity contribution in [3.05, 3.63) is 54.2 Å². The molecule has 0 spiro atoms. The van der Waals surface area contributed by atoms with Gasteiger partial charge in [0.15, 0.2) is 0 Å². The topological polar surface area (TPSA) is 25.4 Å². The van der Waals surface area contributed by atoms with E-state index in [0.29, 0.717) is 5.41 Å². The van der Waals surface area contributed by atoms with Crippen LogP contribution in [0.15, 0.2) is 48.7 Å². The van der Waals surface area contributed by atoms with Gasteiger partial charge in [-0.2, -0.15) is 0 Å². The van der Waals surface area contributed by atoms with Gasteiger partial charge >= 0.3 is 0 Å². The zero-order valence-corrected chi connectivity index (χ0v) is 17.6. The van der Waals surface area contributed by atoms with E-state index in [0.717, 1.165) is 31.1 Å². The lowest BCUT2D eigenvalue weighted by atomic mass is 9.76. The molecule has 1 aromatic heterocycles. The van der Waals surface area contributed by atoms with E-state index in [2.05, 4.69) is 62.0 Å². The molecule has 0 aliphatic heterocycles. The maximum atomic E-state index is 5.90. The summed E-state index contributed by atoms with van der Waals surface area (Å²) in [5.41, 5.74) is 1.69. The molecule has 148 valence electrons. The van der Waals surface area contributed by atoms with Crippen LogP contribution in [-0.4, -0.2) is 25.2 Å². The number of rotatable bonds is 6. The van der Waals surface area contributed by atoms with Crippen molar-refractivity contribution in [2.45, 2.75) is 59.3 Å². The highest BCUT2D eigenvalue weighted by molar-refractivity contribution is 5.35. The van der Waals surface area contributed by atoms with Crippen molar-refractivity contribution in [1.29, 1.82) is 0 Å². The fraction of sp³-hybridized carbons (Fsp3) is 0.542. The van der Waals surface area contributed by atoms with E-state index in [1.54, 1.807) is 0 Å². The van der Waals surface area contributed by atoms with Crippen molar-refractivity contribution in [3.63, 3.8) is 0 Å². The third-order valence-electron chi connectivity index (χ3n) is 5.27. The Hall–Kier alpha value is -2.03. The van der Waals surface area contributed by atoms with Crippen molar-refractivity contribution >= 4 is 5.82 Å². The highest BCUT2D eigenvalue weighted by Crippen LogP contribution is 2.36. The molecule has 2 aromatic rings. The van der Waals surface area contributed by atoms with Gasteiger partial charge in [0.25, 0.3) is 0 Å². The van der Waals surface area contributed by atoms with Gasteiger partial charge in [-0.1, -0.05) is 56.9 Å². The number of ether oxygens (including phenoxy) is 1. The molecule has 0 atom stereocenters. The molecule has 1 saturated carbocycles. The predicted molar refractivity (Wildman–Crippen MR) is 116 cm³/mol. The Bertz CT molecular complexity index is 633. The summed E-state index contributed by atoms with van der Waals surface area (Å²) in [6.45, 7) is 8.57. The SMILES string of the molecule is CCCN(C)c1ccccn1.Cc1ccc(OCC2(C)CCCCC2)cc1. The first-order valence-corrected chi connectivity index (χ1v) is 10.3. The number of hydrogen-bond acceptors (Lipinski definition) is 3. The lowest BCUT2D eigenvalue weighted by Gasteiger charge is -2.33. The molecule has 27 heavy (non-hydrogen) atoms. The lowest BCUT2D eigenvalue weighted by Crippen LogP contribution is -2.27. The second kappa shape index (κ2) is 11.0. The van der Waals surface area contributed by atoms with Gasteiger partial charge in [-0.15, -0.1) is 0 Å². The quantitative estimate of drug-likeness (QED) is 0.600. The molecule has 1 aliphatic carbocycles. The van der Waals surface area contributed by atoms with Gasteiger partial charge in [-0.3, -0.25) is 0 Å². The van der Waals surface area contributed by atoms with Gasteiger partial charge in [0, 0.05) is 25.2 Å². The highest BCUT2D eigenvalue weighted by atomic mass is 16.5. The average molecular weight is 369 g/mol. The smallest absolute Gasteiger partial charge is 0.128 e. The molecule has 0 saturated heterocycles. The van der Waals surface area contributed by atoms with Crippen LogP contribution in [0.2, 0.25) is 0 Å². The van der Waals surface area contributed by atoms with E-state index < -0.39 is 0 Å². The van der Waals surface area contributed by atoms with Crippen LogP contribution < -0.4 is 9.64 Å². The number of aryl methyl sites for hydroxylation is 1. The molecule has 1 aromatic carbocycles. The van der Waals surface area contributed by atoms with E-state index in [9.17, 15) is 0 Å². The van der Waals surface area contributed by atoms with Crippen molar-refractivity contribution < 1.29 is 4.74 Å². The van der Waals surface area contributed by atoms with Crippen LogP contribution in [0.4, 0.5) is 5.82 Å². The van der Waals surface area contributed by atoms with Crippen LogP contribution in [0, 0.1) is 12.3 Å². The Kier molecular flexibility index (Phi) is 8.63. The van der Waals surface area contributed by atoms with Crippen LogP contribution >= 0.6 is 0 Å². The van der Waals surface area contributed by atoms with E-state index in [-0.39, 0.29) is 0 Å². The molecule has 0 N–H and O–H groups in total. The monoisotopic (exact) mass is 368 g/mol. The number of benzene rings is 1. The molecule has 0 unspecified atom stereocenters. The number of anilines is 1. The van der Waals surface area contributed by atoms with Gasteiger partial charge in [-0.25, -0.2) is 4.98 Å². The van der Waals surface area contributed by atoms with Crippen LogP contribution in [0.5, 0.6) is 5.75 Å². The summed E-state index contributed by atoms with van der Waals surface area (Å²) in [4.78, 5) is 6.38. The zero-order valence-electron chi connectivity index (χ0n) is 17.6. The number of nitrogens with zero attached hydrogens (tertiary/aromatic N) is 2. The minimum atomic E-state index is 0.406. The summed E-state index contributed by atoms with van der Waals surface area (Å²) in [7, 11) is 2.06. The molecule has 0 radical (unpaired) electrons. The second-order valence-electron chi connectivity index (χ2n) is 8.08. The number of hydrogen-bond donors (Lipinski definition) is 0. The van der Waals surface area contributed by atoms with E-state index in [1.807, 2.05) is 24.4 Å². The maximum Gasteiger partial charge on any atom is 0.128 e. The van der Waals surface area contributed by atoms with E-state index >= 15 is 0 Å². The van der Waals surface area contributed by atoms with Gasteiger partial charge in [0.1, 0.15) is 11.6 Å². The third kappa shape index (κ3) is 7.62. The fourth-order valence-electron chi connectivity index (χ4n) is 3.47. The third-order valence-corrected chi connectivity index (χ3v) is 5.27. The Balaban J connectivity index is 0.000000208. The van der Waals surface area contributed by atoms with Gasteiger partial charge in [0.05, 0.1) is 6.61 Å². The second-order valence-corrected chi connectivity index (χ2v) is 8.08. The van der Waals surface area contributed by atoms with Gasteiger partial charge < -0.3 is 9.64 Å². The molecule has 1 aliphatic rings. The number of aromatic nitrogens is 1. The molecule has 1 heterocycles. The molecule has 3 rings (SSSR count). The van der Waals surface area contributed by atoms with E-state index in [1.165, 1.54) is 37.7 Å². The molecule has 1 fully saturated rings. The first-order valence-electron chi connectivity index (χ1n) is 10.3. The summed E-state index contributed by atoms with van der Waals surface area (Å²) < 4.78 is 5.90. The minimum Gasteiger partial charge on any atom is -0.493 e. The Morgan fingerprint density at radius 2 is 1.74 bits per heavy atom. The fourth-order valence-corrected chi connectivity index (χ4v) is 3.47. The summed E-state index contributed by atoms with van der Waals surface area (Å²) in [5, 5.41) is 0. The van der Waals surface area contributed by atoms with Crippen LogP contribution in [0.25, 0.3) is 0 Å². The molecule has 3 nitrogen and oxygen atoms in total. The minimum absolute atomic E-state index is 0.406. The van der Waals surface area contributed by atoms with Crippen molar-refractivity contribution in [2.75, 3.05) is 25.1 Å². The Morgan fingerprint density at radius 1 is 1.04 bits per heavy atom. The summed E-state index contributed by atoms with van der Waals surface area (Å²) in [6, 6.07) is 14.3. The average Bonchev–Trinajstić information content (AvgIpc) is 2.70. The Labute approximate surface area is 165 Å². The van der Waals surface area contributed by atoms with Crippen LogP contribution in [0.3, 0.4) is 0 Å². The summed E-state index contributed by atoms with van der Waals surface area (Å²) in [5.74, 6) is 2.06. The standard InChI is InChI=1S/C15H22O.C9H14N2/c1-13-6-8-14(9-7-13)16-12-15(2)10-4-3-5-11-15;1-3-8-11(2)9-6-4-5-7-10-9/h6-9H,3-5,10-12H2,1-2H3;4-7H,3,8H2,1-2H3. The van der Waals surface area contributed by atoms with Crippen LogP contribution in [0.1, 0.15) is 57.9 Å². The van der Waals surface area contributed by atoms with Crippen molar-refractivity contribution in [2.24, 2.45) is 5.41 Å². The van der Waals surface area contributed by atoms with Crippen molar-refractivity contribution in [3.8, 4) is 5.75 Å². The first kappa shape index (κ1) is 21.3. The molecule has 0 bridgehead atoms. The molecular weight excluding hydrogens is 332 g/mol. The lowest BCUT2D eigenvalue weighted by molar-refractivity contribution is 0.116. The predicted octanol–water partition coefficient (Wildman–Crippen LogP) is 6.27.